The summed E-state index contributed by atoms with van der Waals surface area (Å²) in [4.78, 5) is 2.07. The lowest BCUT2D eigenvalue weighted by Crippen LogP contribution is -2.17. The van der Waals surface area contributed by atoms with E-state index in [-0.39, 0.29) is 5.82 Å². The van der Waals surface area contributed by atoms with Crippen LogP contribution in [0.1, 0.15) is 12.5 Å². The summed E-state index contributed by atoms with van der Waals surface area (Å²) >= 11 is 0. The summed E-state index contributed by atoms with van der Waals surface area (Å²) in [6, 6.07) is 6.90. The molecular weight excluding hydrogens is 153 g/mol. The van der Waals surface area contributed by atoms with Crippen LogP contribution < -0.4 is 0 Å². The molecule has 0 heterocycles. The Hall–Kier alpha value is -0.890. The topological polar surface area (TPSA) is 3.24 Å². The van der Waals surface area contributed by atoms with Crippen LogP contribution in [0.3, 0.4) is 0 Å². The van der Waals surface area contributed by atoms with Gasteiger partial charge in [0.1, 0.15) is 5.82 Å². The predicted molar refractivity (Wildman–Crippen MR) is 48.4 cm³/mol. The largest absolute Gasteiger partial charge is 0.302 e. The van der Waals surface area contributed by atoms with Gasteiger partial charge in [-0.2, -0.15) is 0 Å². The van der Waals surface area contributed by atoms with Crippen molar-refractivity contribution in [1.29, 1.82) is 0 Å². The van der Waals surface area contributed by atoms with Crippen LogP contribution in [0.15, 0.2) is 24.3 Å². The van der Waals surface area contributed by atoms with Crippen molar-refractivity contribution in [2.45, 2.75) is 13.5 Å². The van der Waals surface area contributed by atoms with Gasteiger partial charge >= 0.3 is 0 Å². The third kappa shape index (κ3) is 2.31. The number of nitrogens with zero attached hydrogens (tertiary/aromatic N) is 1. The first-order valence-corrected chi connectivity index (χ1v) is 4.16. The summed E-state index contributed by atoms with van der Waals surface area (Å²) in [6.45, 7) is 3.68. The highest BCUT2D eigenvalue weighted by Gasteiger charge is 2.01. The van der Waals surface area contributed by atoms with Crippen LogP contribution in [-0.2, 0) is 6.54 Å². The second-order valence-corrected chi connectivity index (χ2v) is 2.92. The van der Waals surface area contributed by atoms with Gasteiger partial charge in [0, 0.05) is 12.1 Å². The molecule has 0 saturated heterocycles. The predicted octanol–water partition coefficient (Wildman–Crippen LogP) is 2.28. The van der Waals surface area contributed by atoms with E-state index in [9.17, 15) is 4.39 Å². The fourth-order valence-corrected chi connectivity index (χ4v) is 1.03. The van der Waals surface area contributed by atoms with E-state index in [0.29, 0.717) is 6.54 Å². The zero-order valence-electron chi connectivity index (χ0n) is 7.55. The maximum Gasteiger partial charge on any atom is 0.127 e. The van der Waals surface area contributed by atoms with Gasteiger partial charge in [-0.05, 0) is 19.7 Å². The highest BCUT2D eigenvalue weighted by Crippen LogP contribution is 2.07. The molecule has 0 aliphatic carbocycles. The molecule has 1 aromatic rings. The summed E-state index contributed by atoms with van der Waals surface area (Å²) in [5.41, 5.74) is 0.766. The van der Waals surface area contributed by atoms with Crippen molar-refractivity contribution in [3.05, 3.63) is 35.6 Å². The average Bonchev–Trinajstić information content (AvgIpc) is 2.09. The van der Waals surface area contributed by atoms with E-state index in [1.165, 1.54) is 6.07 Å². The van der Waals surface area contributed by atoms with Gasteiger partial charge in [0.15, 0.2) is 0 Å². The minimum Gasteiger partial charge on any atom is -0.302 e. The molecule has 0 aliphatic heterocycles. The Kier molecular flexibility index (Phi) is 3.23. The van der Waals surface area contributed by atoms with E-state index in [4.69, 9.17) is 0 Å². The van der Waals surface area contributed by atoms with Gasteiger partial charge in [0.25, 0.3) is 0 Å². The van der Waals surface area contributed by atoms with Crippen LogP contribution in [0.5, 0.6) is 0 Å². The van der Waals surface area contributed by atoms with E-state index < -0.39 is 0 Å². The Balaban J connectivity index is 2.69. The zero-order valence-corrected chi connectivity index (χ0v) is 7.55. The Morgan fingerprint density at radius 2 is 2.00 bits per heavy atom. The molecule has 0 unspecified atom stereocenters. The lowest BCUT2D eigenvalue weighted by Gasteiger charge is -2.13. The van der Waals surface area contributed by atoms with Crippen molar-refractivity contribution in [1.82, 2.24) is 4.90 Å². The lowest BCUT2D eigenvalue weighted by atomic mass is 10.2. The molecule has 0 fully saturated rings. The molecule has 0 spiro atoms. The van der Waals surface area contributed by atoms with Gasteiger partial charge in [-0.15, -0.1) is 0 Å². The Morgan fingerprint density at radius 3 is 2.58 bits per heavy atom. The molecule has 0 saturated carbocycles. The molecule has 0 amide bonds. The minimum atomic E-state index is -0.113. The standard InChI is InChI=1S/C10H14FN/c1-3-12(2)8-9-6-4-5-7-10(9)11/h4-7H,3,8H2,1-2H3. The van der Waals surface area contributed by atoms with Crippen molar-refractivity contribution in [2.24, 2.45) is 0 Å². The molecule has 1 nitrogen and oxygen atoms in total. The zero-order chi connectivity index (χ0) is 8.97. The summed E-state index contributed by atoms with van der Waals surface area (Å²) in [5, 5.41) is 0. The van der Waals surface area contributed by atoms with Crippen LogP contribution in [0.25, 0.3) is 0 Å². The minimum absolute atomic E-state index is 0.113. The Labute approximate surface area is 72.8 Å². The van der Waals surface area contributed by atoms with Crippen molar-refractivity contribution in [2.75, 3.05) is 13.6 Å². The van der Waals surface area contributed by atoms with Crippen LogP contribution in [0.4, 0.5) is 4.39 Å². The highest BCUT2D eigenvalue weighted by atomic mass is 19.1. The van der Waals surface area contributed by atoms with E-state index in [1.54, 1.807) is 6.07 Å². The number of hydrogen-bond donors (Lipinski definition) is 0. The second kappa shape index (κ2) is 4.21. The second-order valence-electron chi connectivity index (χ2n) is 2.92. The van der Waals surface area contributed by atoms with Crippen molar-refractivity contribution in [3.63, 3.8) is 0 Å². The quantitative estimate of drug-likeness (QED) is 0.667. The molecular formula is C10H14FN. The molecule has 1 aromatic carbocycles. The summed E-state index contributed by atoms with van der Waals surface area (Å²) in [5.74, 6) is -0.113. The molecule has 66 valence electrons. The van der Waals surface area contributed by atoms with Crippen LogP contribution >= 0.6 is 0 Å². The molecule has 2 heteroatoms. The maximum absolute atomic E-state index is 13.1. The van der Waals surface area contributed by atoms with Gasteiger partial charge in [-0.25, -0.2) is 4.39 Å². The Bertz CT molecular complexity index is 247. The summed E-state index contributed by atoms with van der Waals surface area (Å²) in [7, 11) is 1.98. The van der Waals surface area contributed by atoms with E-state index in [1.807, 2.05) is 19.2 Å². The van der Waals surface area contributed by atoms with Crippen LogP contribution in [0.2, 0.25) is 0 Å². The van der Waals surface area contributed by atoms with Gasteiger partial charge in [-0.3, -0.25) is 0 Å². The van der Waals surface area contributed by atoms with Crippen molar-refractivity contribution in [3.8, 4) is 0 Å². The Morgan fingerprint density at radius 1 is 1.33 bits per heavy atom. The summed E-state index contributed by atoms with van der Waals surface area (Å²) in [6.07, 6.45) is 0. The van der Waals surface area contributed by atoms with E-state index >= 15 is 0 Å². The number of halogens is 1. The number of hydrogen-bond acceptors (Lipinski definition) is 1. The molecule has 0 aromatic heterocycles. The average molecular weight is 167 g/mol. The third-order valence-corrected chi connectivity index (χ3v) is 1.94. The lowest BCUT2D eigenvalue weighted by molar-refractivity contribution is 0.339. The SMILES string of the molecule is CCN(C)Cc1ccccc1F. The highest BCUT2D eigenvalue weighted by molar-refractivity contribution is 5.16. The molecule has 1 rings (SSSR count). The first kappa shape index (κ1) is 9.20. The molecule has 0 atom stereocenters. The van der Waals surface area contributed by atoms with Crippen LogP contribution in [-0.4, -0.2) is 18.5 Å². The van der Waals surface area contributed by atoms with Gasteiger partial charge < -0.3 is 4.90 Å². The molecule has 0 bridgehead atoms. The monoisotopic (exact) mass is 167 g/mol. The molecule has 12 heavy (non-hydrogen) atoms. The number of rotatable bonds is 3. The third-order valence-electron chi connectivity index (χ3n) is 1.94. The van der Waals surface area contributed by atoms with Crippen LogP contribution in [0, 0.1) is 5.82 Å². The van der Waals surface area contributed by atoms with Gasteiger partial charge in [0.2, 0.25) is 0 Å². The molecule has 0 radical (unpaired) electrons. The van der Waals surface area contributed by atoms with Gasteiger partial charge in [0.05, 0.1) is 0 Å². The fourth-order valence-electron chi connectivity index (χ4n) is 1.03. The van der Waals surface area contributed by atoms with Gasteiger partial charge in [-0.1, -0.05) is 25.1 Å². The molecule has 0 N–H and O–H groups in total. The maximum atomic E-state index is 13.1. The normalized spacial score (nSPS) is 10.7. The molecule has 0 aliphatic rings. The first-order chi connectivity index (χ1) is 5.74. The smallest absolute Gasteiger partial charge is 0.127 e. The van der Waals surface area contributed by atoms with E-state index in [0.717, 1.165) is 12.1 Å². The van der Waals surface area contributed by atoms with E-state index in [2.05, 4.69) is 11.8 Å². The fraction of sp³-hybridized carbons (Fsp3) is 0.400. The number of benzene rings is 1. The first-order valence-electron chi connectivity index (χ1n) is 4.16. The summed E-state index contributed by atoms with van der Waals surface area (Å²) < 4.78 is 13.1. The van der Waals surface area contributed by atoms with Crippen molar-refractivity contribution >= 4 is 0 Å². The van der Waals surface area contributed by atoms with Crippen molar-refractivity contribution < 1.29 is 4.39 Å².